The fraction of sp³-hybridized carbons (Fsp3) is 0.308. The highest BCUT2D eigenvalue weighted by Crippen LogP contribution is 2.12. The largest absolute Gasteiger partial charge is 0.497 e. The lowest BCUT2D eigenvalue weighted by Gasteiger charge is -2.05. The lowest BCUT2D eigenvalue weighted by molar-refractivity contribution is 0.414. The molecule has 0 fully saturated rings. The van der Waals surface area contributed by atoms with Crippen molar-refractivity contribution in [1.29, 1.82) is 0 Å². The van der Waals surface area contributed by atoms with Gasteiger partial charge in [-0.2, -0.15) is 0 Å². The molecular formula is C13H16N2OS. The summed E-state index contributed by atoms with van der Waals surface area (Å²) in [6.07, 6.45) is 2.84. The van der Waals surface area contributed by atoms with Crippen molar-refractivity contribution in [2.24, 2.45) is 0 Å². The molecule has 0 aliphatic rings. The zero-order chi connectivity index (χ0) is 11.9. The minimum absolute atomic E-state index is 0.849. The second-order valence-electron chi connectivity index (χ2n) is 3.70. The molecule has 90 valence electrons. The Balaban J connectivity index is 1.74. The van der Waals surface area contributed by atoms with Gasteiger partial charge in [0.2, 0.25) is 0 Å². The first-order chi connectivity index (χ1) is 8.38. The fourth-order valence-electron chi connectivity index (χ4n) is 1.60. The molecule has 1 heterocycles. The van der Waals surface area contributed by atoms with Gasteiger partial charge in [-0.3, -0.25) is 0 Å². The normalized spacial score (nSPS) is 10.4. The molecule has 0 saturated heterocycles. The van der Waals surface area contributed by atoms with Crippen LogP contribution in [0.4, 0.5) is 0 Å². The first-order valence-electron chi connectivity index (χ1n) is 5.60. The standard InChI is InChI=1S/C13H16N2OS/c1-16-12-4-2-3-11(9-12)5-6-14-10-13-15-7-8-17-13/h2-4,7-9,14H,5-6,10H2,1H3. The van der Waals surface area contributed by atoms with Crippen molar-refractivity contribution in [1.82, 2.24) is 10.3 Å². The predicted octanol–water partition coefficient (Wildman–Crippen LogP) is 2.48. The smallest absolute Gasteiger partial charge is 0.119 e. The Morgan fingerprint density at radius 2 is 2.35 bits per heavy atom. The molecule has 0 atom stereocenters. The Kier molecular flexibility index (Phi) is 4.53. The lowest BCUT2D eigenvalue weighted by Crippen LogP contribution is -2.16. The topological polar surface area (TPSA) is 34.1 Å². The Hall–Kier alpha value is -1.39. The van der Waals surface area contributed by atoms with E-state index in [1.165, 1.54) is 5.56 Å². The molecule has 3 nitrogen and oxygen atoms in total. The maximum atomic E-state index is 5.19. The number of aromatic nitrogens is 1. The number of methoxy groups -OCH3 is 1. The maximum Gasteiger partial charge on any atom is 0.119 e. The summed E-state index contributed by atoms with van der Waals surface area (Å²) in [5.41, 5.74) is 1.29. The molecule has 1 aromatic heterocycles. The van der Waals surface area contributed by atoms with Crippen molar-refractivity contribution in [3.05, 3.63) is 46.4 Å². The van der Waals surface area contributed by atoms with Gasteiger partial charge in [-0.1, -0.05) is 12.1 Å². The van der Waals surface area contributed by atoms with Crippen LogP contribution in [0.25, 0.3) is 0 Å². The molecule has 0 saturated carbocycles. The van der Waals surface area contributed by atoms with E-state index in [-0.39, 0.29) is 0 Å². The van der Waals surface area contributed by atoms with Crippen LogP contribution >= 0.6 is 11.3 Å². The van der Waals surface area contributed by atoms with Crippen LogP contribution in [0.15, 0.2) is 35.8 Å². The van der Waals surface area contributed by atoms with E-state index in [1.807, 2.05) is 23.7 Å². The molecule has 0 unspecified atom stereocenters. The van der Waals surface area contributed by atoms with E-state index in [0.29, 0.717) is 0 Å². The molecule has 17 heavy (non-hydrogen) atoms. The van der Waals surface area contributed by atoms with Gasteiger partial charge in [0.25, 0.3) is 0 Å². The molecule has 0 amide bonds. The van der Waals surface area contributed by atoms with E-state index in [9.17, 15) is 0 Å². The number of thiazole rings is 1. The average molecular weight is 248 g/mol. The number of rotatable bonds is 6. The third-order valence-corrected chi connectivity index (χ3v) is 3.26. The number of benzene rings is 1. The highest BCUT2D eigenvalue weighted by Gasteiger charge is 1.97. The molecule has 0 bridgehead atoms. The molecule has 2 aromatic rings. The average Bonchev–Trinajstić information content (AvgIpc) is 2.88. The number of nitrogens with zero attached hydrogens (tertiary/aromatic N) is 1. The second kappa shape index (κ2) is 6.37. The van der Waals surface area contributed by atoms with E-state index in [0.717, 1.165) is 30.3 Å². The SMILES string of the molecule is COc1cccc(CCNCc2nccs2)c1. The zero-order valence-electron chi connectivity index (χ0n) is 9.85. The first-order valence-corrected chi connectivity index (χ1v) is 6.48. The van der Waals surface area contributed by atoms with E-state index < -0.39 is 0 Å². The third kappa shape index (κ3) is 3.84. The van der Waals surface area contributed by atoms with Crippen molar-refractivity contribution in [3.63, 3.8) is 0 Å². The molecule has 0 radical (unpaired) electrons. The van der Waals surface area contributed by atoms with Gasteiger partial charge < -0.3 is 10.1 Å². The first kappa shape index (κ1) is 12.1. The van der Waals surface area contributed by atoms with Gasteiger partial charge in [-0.25, -0.2) is 4.98 Å². The third-order valence-electron chi connectivity index (χ3n) is 2.48. The van der Waals surface area contributed by atoms with E-state index in [4.69, 9.17) is 4.74 Å². The number of nitrogens with one attached hydrogen (secondary N) is 1. The van der Waals surface area contributed by atoms with Gasteiger partial charge in [0.05, 0.1) is 7.11 Å². The van der Waals surface area contributed by atoms with Crippen molar-refractivity contribution in [3.8, 4) is 5.75 Å². The molecule has 1 aromatic carbocycles. The molecule has 1 N–H and O–H groups in total. The molecule has 0 aliphatic heterocycles. The van der Waals surface area contributed by atoms with E-state index in [1.54, 1.807) is 18.4 Å². The van der Waals surface area contributed by atoms with Gasteiger partial charge in [-0.15, -0.1) is 11.3 Å². The second-order valence-corrected chi connectivity index (χ2v) is 4.68. The van der Waals surface area contributed by atoms with Gasteiger partial charge >= 0.3 is 0 Å². The van der Waals surface area contributed by atoms with Crippen molar-refractivity contribution >= 4 is 11.3 Å². The quantitative estimate of drug-likeness (QED) is 0.797. The van der Waals surface area contributed by atoms with E-state index >= 15 is 0 Å². The number of ether oxygens (including phenoxy) is 1. The summed E-state index contributed by atoms with van der Waals surface area (Å²) < 4.78 is 5.19. The van der Waals surface area contributed by atoms with E-state index in [2.05, 4.69) is 22.4 Å². The van der Waals surface area contributed by atoms with Crippen molar-refractivity contribution in [2.75, 3.05) is 13.7 Å². The summed E-state index contributed by atoms with van der Waals surface area (Å²) in [6.45, 7) is 1.80. The number of hydrogen-bond donors (Lipinski definition) is 1. The lowest BCUT2D eigenvalue weighted by atomic mass is 10.1. The minimum Gasteiger partial charge on any atom is -0.497 e. The van der Waals surface area contributed by atoms with Gasteiger partial charge in [-0.05, 0) is 30.7 Å². The summed E-state index contributed by atoms with van der Waals surface area (Å²) in [6, 6.07) is 8.18. The Bertz CT molecular complexity index is 442. The summed E-state index contributed by atoms with van der Waals surface area (Å²) in [7, 11) is 1.69. The Morgan fingerprint density at radius 3 is 3.12 bits per heavy atom. The van der Waals surface area contributed by atoms with Gasteiger partial charge in [0.1, 0.15) is 10.8 Å². The van der Waals surface area contributed by atoms with Crippen LogP contribution in [0.3, 0.4) is 0 Å². The highest BCUT2D eigenvalue weighted by molar-refractivity contribution is 7.09. The van der Waals surface area contributed by atoms with Crippen LogP contribution in [0, 0.1) is 0 Å². The predicted molar refractivity (Wildman–Crippen MR) is 70.5 cm³/mol. The van der Waals surface area contributed by atoms with Crippen LogP contribution in [0.1, 0.15) is 10.6 Å². The highest BCUT2D eigenvalue weighted by atomic mass is 32.1. The zero-order valence-corrected chi connectivity index (χ0v) is 10.7. The van der Waals surface area contributed by atoms with Gasteiger partial charge in [0.15, 0.2) is 0 Å². The molecule has 4 heteroatoms. The summed E-state index contributed by atoms with van der Waals surface area (Å²) in [5, 5.41) is 6.51. The molecular weight excluding hydrogens is 232 g/mol. The minimum atomic E-state index is 0.849. The summed E-state index contributed by atoms with van der Waals surface area (Å²) >= 11 is 1.68. The van der Waals surface area contributed by atoms with Crippen LogP contribution in [0.2, 0.25) is 0 Å². The fourth-order valence-corrected chi connectivity index (χ4v) is 2.18. The maximum absolute atomic E-state index is 5.19. The molecule has 2 rings (SSSR count). The monoisotopic (exact) mass is 248 g/mol. The van der Waals surface area contributed by atoms with Crippen LogP contribution in [0.5, 0.6) is 5.75 Å². The summed E-state index contributed by atoms with van der Waals surface area (Å²) in [4.78, 5) is 4.22. The van der Waals surface area contributed by atoms with Crippen LogP contribution in [-0.2, 0) is 13.0 Å². The van der Waals surface area contributed by atoms with Crippen molar-refractivity contribution in [2.45, 2.75) is 13.0 Å². The summed E-state index contributed by atoms with van der Waals surface area (Å²) in [5.74, 6) is 0.919. The molecule has 0 aliphatic carbocycles. The van der Waals surface area contributed by atoms with Crippen molar-refractivity contribution < 1.29 is 4.74 Å². The van der Waals surface area contributed by atoms with Crippen LogP contribution < -0.4 is 10.1 Å². The van der Waals surface area contributed by atoms with Gasteiger partial charge in [0, 0.05) is 18.1 Å². The Labute approximate surface area is 105 Å². The van der Waals surface area contributed by atoms with Crippen LogP contribution in [-0.4, -0.2) is 18.6 Å². The molecule has 0 spiro atoms. The Morgan fingerprint density at radius 1 is 1.41 bits per heavy atom. The number of hydrogen-bond acceptors (Lipinski definition) is 4.